The van der Waals surface area contributed by atoms with Crippen LogP contribution in [0.2, 0.25) is 0 Å². The van der Waals surface area contributed by atoms with E-state index in [1.165, 1.54) is 0 Å². The highest BCUT2D eigenvalue weighted by Gasteiger charge is 2.25. The molecular formula is C15H24N2O2. The molecule has 1 amide bonds. The number of amides is 1. The van der Waals surface area contributed by atoms with Crippen LogP contribution in [0.4, 0.5) is 0 Å². The average molecular weight is 264 g/mol. The molecule has 3 N–H and O–H groups in total. The fourth-order valence-corrected chi connectivity index (χ4v) is 1.46. The van der Waals surface area contributed by atoms with Crippen LogP contribution in [0, 0.1) is 0 Å². The van der Waals surface area contributed by atoms with Crippen molar-refractivity contribution in [1.82, 2.24) is 5.32 Å². The van der Waals surface area contributed by atoms with Gasteiger partial charge in [0.1, 0.15) is 5.75 Å². The fourth-order valence-electron chi connectivity index (χ4n) is 1.46. The number of carbonyl (C=O) groups excluding carboxylic acids is 1. The molecule has 0 aliphatic carbocycles. The Bertz CT molecular complexity index is 440. The Morgan fingerprint density at radius 3 is 2.47 bits per heavy atom. The number of benzene rings is 1. The van der Waals surface area contributed by atoms with Crippen LogP contribution in [0.1, 0.15) is 45.0 Å². The third kappa shape index (κ3) is 4.56. The van der Waals surface area contributed by atoms with Crippen molar-refractivity contribution >= 4 is 5.91 Å². The standard InChI is InChI=1S/C15H24N2O2/c1-10(2)19-13-8-6-7-12(9-13)14(18)17-15(4,5)11(3)16/h6-11H,16H2,1-5H3,(H,17,18). The molecule has 0 aliphatic rings. The van der Waals surface area contributed by atoms with Crippen LogP contribution in [-0.4, -0.2) is 23.6 Å². The SMILES string of the molecule is CC(C)Oc1cccc(C(=O)NC(C)(C)C(C)N)c1. The van der Waals surface area contributed by atoms with Crippen molar-refractivity contribution in [2.24, 2.45) is 5.73 Å². The van der Waals surface area contributed by atoms with Crippen LogP contribution in [0.25, 0.3) is 0 Å². The highest BCUT2D eigenvalue weighted by atomic mass is 16.5. The number of nitrogens with one attached hydrogen (secondary N) is 1. The minimum atomic E-state index is -0.452. The molecule has 1 rings (SSSR count). The van der Waals surface area contributed by atoms with Crippen molar-refractivity contribution in [1.29, 1.82) is 0 Å². The molecule has 4 heteroatoms. The first-order valence-electron chi connectivity index (χ1n) is 6.57. The van der Waals surface area contributed by atoms with Gasteiger partial charge in [-0.1, -0.05) is 6.07 Å². The second-order valence-electron chi connectivity index (χ2n) is 5.66. The Kier molecular flexibility index (Phi) is 4.95. The maximum Gasteiger partial charge on any atom is 0.251 e. The summed E-state index contributed by atoms with van der Waals surface area (Å²) < 4.78 is 5.58. The van der Waals surface area contributed by atoms with E-state index in [1.54, 1.807) is 12.1 Å². The lowest BCUT2D eigenvalue weighted by molar-refractivity contribution is 0.0902. The van der Waals surface area contributed by atoms with E-state index < -0.39 is 5.54 Å². The maximum atomic E-state index is 12.2. The largest absolute Gasteiger partial charge is 0.491 e. The van der Waals surface area contributed by atoms with Crippen molar-refractivity contribution in [2.75, 3.05) is 0 Å². The van der Waals surface area contributed by atoms with E-state index in [-0.39, 0.29) is 18.1 Å². The maximum absolute atomic E-state index is 12.2. The van der Waals surface area contributed by atoms with Gasteiger partial charge in [-0.15, -0.1) is 0 Å². The van der Waals surface area contributed by atoms with E-state index in [2.05, 4.69) is 5.32 Å². The topological polar surface area (TPSA) is 64.3 Å². The van der Waals surface area contributed by atoms with Gasteiger partial charge in [0, 0.05) is 17.1 Å². The summed E-state index contributed by atoms with van der Waals surface area (Å²) in [5.74, 6) is 0.553. The molecule has 0 saturated carbocycles. The average Bonchev–Trinajstić information content (AvgIpc) is 2.27. The first-order chi connectivity index (χ1) is 8.72. The number of hydrogen-bond acceptors (Lipinski definition) is 3. The summed E-state index contributed by atoms with van der Waals surface area (Å²) in [6.07, 6.45) is 0.0822. The van der Waals surface area contributed by atoms with Crippen LogP contribution in [0.5, 0.6) is 5.75 Å². The van der Waals surface area contributed by atoms with Crippen molar-refractivity contribution in [3.8, 4) is 5.75 Å². The molecule has 0 heterocycles. The molecule has 0 aliphatic heterocycles. The molecule has 0 fully saturated rings. The predicted molar refractivity (Wildman–Crippen MR) is 77.4 cm³/mol. The summed E-state index contributed by atoms with van der Waals surface area (Å²) in [6.45, 7) is 9.59. The molecule has 0 aromatic heterocycles. The van der Waals surface area contributed by atoms with Crippen LogP contribution in [0.15, 0.2) is 24.3 Å². The van der Waals surface area contributed by atoms with E-state index in [4.69, 9.17) is 10.5 Å². The summed E-state index contributed by atoms with van der Waals surface area (Å²) in [7, 11) is 0. The summed E-state index contributed by atoms with van der Waals surface area (Å²) in [4.78, 5) is 12.2. The van der Waals surface area contributed by atoms with Crippen molar-refractivity contribution in [3.05, 3.63) is 29.8 Å². The van der Waals surface area contributed by atoms with Crippen LogP contribution >= 0.6 is 0 Å². The Hall–Kier alpha value is -1.55. The Morgan fingerprint density at radius 1 is 1.32 bits per heavy atom. The first kappa shape index (κ1) is 15.5. The third-order valence-electron chi connectivity index (χ3n) is 3.04. The monoisotopic (exact) mass is 264 g/mol. The molecule has 0 saturated heterocycles. The van der Waals surface area contributed by atoms with Gasteiger partial charge in [0.05, 0.1) is 6.10 Å². The van der Waals surface area contributed by atoms with Gasteiger partial charge in [-0.25, -0.2) is 0 Å². The van der Waals surface area contributed by atoms with E-state index >= 15 is 0 Å². The molecule has 1 aromatic rings. The molecule has 106 valence electrons. The molecule has 19 heavy (non-hydrogen) atoms. The van der Waals surface area contributed by atoms with Gasteiger partial charge in [-0.2, -0.15) is 0 Å². The summed E-state index contributed by atoms with van der Waals surface area (Å²) in [6, 6.07) is 7.03. The second-order valence-corrected chi connectivity index (χ2v) is 5.66. The second kappa shape index (κ2) is 6.06. The van der Waals surface area contributed by atoms with Gasteiger partial charge < -0.3 is 15.8 Å². The summed E-state index contributed by atoms with van der Waals surface area (Å²) in [5.41, 5.74) is 5.98. The highest BCUT2D eigenvalue weighted by molar-refractivity contribution is 5.95. The van der Waals surface area contributed by atoms with E-state index in [0.29, 0.717) is 11.3 Å². The van der Waals surface area contributed by atoms with Crippen molar-refractivity contribution in [3.63, 3.8) is 0 Å². The predicted octanol–water partition coefficient (Wildman–Crippen LogP) is 2.33. The smallest absolute Gasteiger partial charge is 0.251 e. The van der Waals surface area contributed by atoms with Gasteiger partial charge in [0.25, 0.3) is 5.91 Å². The molecule has 0 radical (unpaired) electrons. The number of hydrogen-bond donors (Lipinski definition) is 2. The van der Waals surface area contributed by atoms with E-state index in [1.807, 2.05) is 46.8 Å². The molecule has 0 spiro atoms. The van der Waals surface area contributed by atoms with Crippen LogP contribution in [0.3, 0.4) is 0 Å². The highest BCUT2D eigenvalue weighted by Crippen LogP contribution is 2.16. The van der Waals surface area contributed by atoms with Gasteiger partial charge >= 0.3 is 0 Å². The van der Waals surface area contributed by atoms with Gasteiger partial charge in [-0.3, -0.25) is 4.79 Å². The van der Waals surface area contributed by atoms with Crippen molar-refractivity contribution < 1.29 is 9.53 Å². The third-order valence-corrected chi connectivity index (χ3v) is 3.04. The number of ether oxygens (including phenoxy) is 1. The normalized spacial score (nSPS) is 13.2. The fraction of sp³-hybridized carbons (Fsp3) is 0.533. The van der Waals surface area contributed by atoms with Crippen LogP contribution < -0.4 is 15.8 Å². The van der Waals surface area contributed by atoms with E-state index in [0.717, 1.165) is 0 Å². The summed E-state index contributed by atoms with van der Waals surface area (Å²) >= 11 is 0. The first-order valence-corrected chi connectivity index (χ1v) is 6.57. The quantitative estimate of drug-likeness (QED) is 0.858. The minimum Gasteiger partial charge on any atom is -0.491 e. The Morgan fingerprint density at radius 2 is 1.95 bits per heavy atom. The van der Waals surface area contributed by atoms with E-state index in [9.17, 15) is 4.79 Å². The molecule has 1 unspecified atom stereocenters. The zero-order valence-corrected chi connectivity index (χ0v) is 12.4. The lowest BCUT2D eigenvalue weighted by atomic mass is 9.96. The van der Waals surface area contributed by atoms with Crippen LogP contribution in [-0.2, 0) is 0 Å². The van der Waals surface area contributed by atoms with Gasteiger partial charge in [0.2, 0.25) is 0 Å². The minimum absolute atomic E-state index is 0.0822. The number of rotatable bonds is 5. The lowest BCUT2D eigenvalue weighted by Crippen LogP contribution is -2.54. The Balaban J connectivity index is 2.83. The molecule has 1 atom stereocenters. The van der Waals surface area contributed by atoms with Gasteiger partial charge in [0.15, 0.2) is 0 Å². The molecular weight excluding hydrogens is 240 g/mol. The van der Waals surface area contributed by atoms with Crippen molar-refractivity contribution in [2.45, 2.75) is 52.3 Å². The zero-order valence-electron chi connectivity index (χ0n) is 12.4. The lowest BCUT2D eigenvalue weighted by Gasteiger charge is -2.30. The molecule has 4 nitrogen and oxygen atoms in total. The molecule has 1 aromatic carbocycles. The number of carbonyl (C=O) groups is 1. The molecule has 0 bridgehead atoms. The zero-order chi connectivity index (χ0) is 14.6. The number of nitrogens with two attached hydrogens (primary N) is 1. The Labute approximate surface area is 115 Å². The van der Waals surface area contributed by atoms with Gasteiger partial charge in [-0.05, 0) is 52.8 Å². The summed E-state index contributed by atoms with van der Waals surface area (Å²) in [5, 5.41) is 2.93.